The van der Waals surface area contributed by atoms with Gasteiger partial charge in [0.25, 0.3) is 0 Å². The maximum Gasteiger partial charge on any atom is 0.391 e. The second kappa shape index (κ2) is 4.60. The maximum atomic E-state index is 11.3. The Bertz CT molecular complexity index is 96.2. The van der Waals surface area contributed by atoms with Crippen molar-refractivity contribution in [2.75, 3.05) is 6.61 Å². The van der Waals surface area contributed by atoms with Crippen molar-refractivity contribution in [1.82, 2.24) is 0 Å². The number of hydrogen-bond donors (Lipinski definition) is 0. The molecule has 0 aromatic carbocycles. The van der Waals surface area contributed by atoms with Crippen molar-refractivity contribution in [3.63, 3.8) is 0 Å². The van der Waals surface area contributed by atoms with Crippen LogP contribution in [0.5, 0.6) is 0 Å². The van der Waals surface area contributed by atoms with E-state index in [1.807, 2.05) is 0 Å². The molecule has 0 bridgehead atoms. The fourth-order valence-electron chi connectivity index (χ4n) is 0.230. The smallest absolute Gasteiger partial charge is 0.331 e. The van der Waals surface area contributed by atoms with Crippen LogP contribution in [0.15, 0.2) is 0 Å². The molecule has 0 N–H and O–H groups in total. The first-order valence-electron chi connectivity index (χ1n) is 2.23. The maximum absolute atomic E-state index is 11.3. The van der Waals surface area contributed by atoms with Gasteiger partial charge in [0.1, 0.15) is 0 Å². The van der Waals surface area contributed by atoms with E-state index in [9.17, 15) is 13.2 Å². The molecule has 10 heavy (non-hydrogen) atoms. The van der Waals surface area contributed by atoms with Crippen LogP contribution >= 0.6 is 29.3 Å². The standard InChI is InChI=1S/C3H4Cl2F3OP/c4-10(5)9-2-1-3(6,7)8/h1-2H2. The molecule has 62 valence electrons. The average molecular weight is 215 g/mol. The minimum Gasteiger partial charge on any atom is -0.331 e. The first-order chi connectivity index (χ1) is 4.42. The lowest BCUT2D eigenvalue weighted by Crippen LogP contribution is -2.09. The molecule has 0 saturated carbocycles. The average Bonchev–Trinajstić information content (AvgIpc) is 1.59. The Kier molecular flexibility index (Phi) is 4.95. The summed E-state index contributed by atoms with van der Waals surface area (Å²) in [6, 6.07) is 0. The highest BCUT2D eigenvalue weighted by Gasteiger charge is 2.26. The number of halogens is 5. The van der Waals surface area contributed by atoms with Gasteiger partial charge in [0.2, 0.25) is 6.85 Å². The summed E-state index contributed by atoms with van der Waals surface area (Å²) in [6.07, 6.45) is -5.20. The van der Waals surface area contributed by atoms with E-state index in [0.29, 0.717) is 0 Å². The van der Waals surface area contributed by atoms with E-state index in [1.165, 1.54) is 0 Å². The van der Waals surface area contributed by atoms with Crippen molar-refractivity contribution in [2.24, 2.45) is 0 Å². The Morgan fingerprint density at radius 3 is 2.10 bits per heavy atom. The van der Waals surface area contributed by atoms with Crippen molar-refractivity contribution in [1.29, 1.82) is 0 Å². The molecule has 0 fully saturated rings. The van der Waals surface area contributed by atoms with Crippen LogP contribution in [-0.4, -0.2) is 12.8 Å². The fourth-order valence-corrected chi connectivity index (χ4v) is 0.874. The largest absolute Gasteiger partial charge is 0.391 e. The second-order valence-corrected chi connectivity index (χ2v) is 4.42. The number of hydrogen-bond acceptors (Lipinski definition) is 1. The first-order valence-corrected chi connectivity index (χ1v) is 5.30. The number of alkyl halides is 3. The van der Waals surface area contributed by atoms with E-state index in [0.717, 1.165) is 0 Å². The van der Waals surface area contributed by atoms with Crippen LogP contribution in [0, 0.1) is 0 Å². The summed E-state index contributed by atoms with van der Waals surface area (Å²) in [7, 11) is 0. The summed E-state index contributed by atoms with van der Waals surface area (Å²) in [6.45, 7) is -2.18. The molecule has 0 heterocycles. The topological polar surface area (TPSA) is 9.23 Å². The minimum absolute atomic E-state index is 0.470. The van der Waals surface area contributed by atoms with Crippen molar-refractivity contribution in [3.05, 3.63) is 0 Å². The molecule has 0 spiro atoms. The quantitative estimate of drug-likeness (QED) is 0.652. The minimum atomic E-state index is -4.20. The molecule has 1 nitrogen and oxygen atoms in total. The molecular weight excluding hydrogens is 211 g/mol. The Balaban J connectivity index is 3.21. The summed E-state index contributed by atoms with van der Waals surface area (Å²) >= 11 is 10.1. The van der Waals surface area contributed by atoms with Gasteiger partial charge in [-0.1, -0.05) is 0 Å². The first kappa shape index (κ1) is 10.8. The molecule has 0 radical (unpaired) electrons. The molecule has 0 unspecified atom stereocenters. The normalized spacial score (nSPS) is 12.6. The highest BCUT2D eigenvalue weighted by atomic mass is 35.9. The molecule has 0 aromatic heterocycles. The molecular formula is C3H4Cl2F3OP. The van der Waals surface area contributed by atoms with Gasteiger partial charge in [0.15, 0.2) is 0 Å². The van der Waals surface area contributed by atoms with Crippen molar-refractivity contribution < 1.29 is 17.7 Å². The van der Waals surface area contributed by atoms with Crippen LogP contribution in [0.1, 0.15) is 6.42 Å². The lowest BCUT2D eigenvalue weighted by atomic mass is 10.5. The van der Waals surface area contributed by atoms with Gasteiger partial charge in [0, 0.05) is 0 Å². The summed E-state index contributed by atoms with van der Waals surface area (Å²) in [5.41, 5.74) is 0. The van der Waals surface area contributed by atoms with Gasteiger partial charge >= 0.3 is 6.18 Å². The summed E-state index contributed by atoms with van der Waals surface area (Å²) in [5, 5.41) is 0. The monoisotopic (exact) mass is 214 g/mol. The van der Waals surface area contributed by atoms with Gasteiger partial charge < -0.3 is 4.52 Å². The molecule has 0 saturated heterocycles. The van der Waals surface area contributed by atoms with Crippen LogP contribution in [0.4, 0.5) is 13.2 Å². The molecule has 0 amide bonds. The molecule has 0 aromatic rings. The van der Waals surface area contributed by atoms with Gasteiger partial charge in [0.05, 0.1) is 13.0 Å². The zero-order valence-electron chi connectivity index (χ0n) is 4.66. The molecule has 0 rings (SSSR count). The van der Waals surface area contributed by atoms with Crippen LogP contribution in [-0.2, 0) is 4.52 Å². The van der Waals surface area contributed by atoms with E-state index in [4.69, 9.17) is 22.5 Å². The van der Waals surface area contributed by atoms with E-state index in [2.05, 4.69) is 4.52 Å². The van der Waals surface area contributed by atoms with E-state index in [-0.39, 0.29) is 0 Å². The Morgan fingerprint density at radius 1 is 1.30 bits per heavy atom. The van der Waals surface area contributed by atoms with Crippen molar-refractivity contribution >= 4 is 29.3 Å². The van der Waals surface area contributed by atoms with E-state index < -0.39 is 26.1 Å². The third-order valence-corrected chi connectivity index (χ3v) is 1.54. The molecule has 7 heteroatoms. The Morgan fingerprint density at radius 2 is 1.80 bits per heavy atom. The van der Waals surface area contributed by atoms with Gasteiger partial charge in [-0.25, -0.2) is 0 Å². The molecule has 0 aliphatic rings. The molecule has 0 aliphatic carbocycles. The van der Waals surface area contributed by atoms with Crippen LogP contribution < -0.4 is 0 Å². The molecule has 0 atom stereocenters. The van der Waals surface area contributed by atoms with Crippen molar-refractivity contribution in [3.8, 4) is 0 Å². The van der Waals surface area contributed by atoms with E-state index >= 15 is 0 Å². The van der Waals surface area contributed by atoms with Gasteiger partial charge in [-0.3, -0.25) is 0 Å². The Hall–Kier alpha value is 0.760. The number of rotatable bonds is 3. The predicted octanol–water partition coefficient (Wildman–Crippen LogP) is 3.66. The summed E-state index contributed by atoms with van der Waals surface area (Å²) in [5.74, 6) is 0. The van der Waals surface area contributed by atoms with Crippen LogP contribution in [0.25, 0.3) is 0 Å². The SMILES string of the molecule is FC(F)(F)CCOP(Cl)Cl. The summed E-state index contributed by atoms with van der Waals surface area (Å²) in [4.78, 5) is 0. The van der Waals surface area contributed by atoms with Crippen molar-refractivity contribution in [2.45, 2.75) is 12.6 Å². The highest BCUT2D eigenvalue weighted by Crippen LogP contribution is 2.48. The Labute approximate surface area is 66.9 Å². The third kappa shape index (κ3) is 8.76. The van der Waals surface area contributed by atoms with Gasteiger partial charge in [-0.05, 0) is 22.5 Å². The third-order valence-electron chi connectivity index (χ3n) is 0.574. The summed E-state index contributed by atoms with van der Waals surface area (Å²) < 4.78 is 38.3. The highest BCUT2D eigenvalue weighted by molar-refractivity contribution is 8.00. The van der Waals surface area contributed by atoms with Crippen LogP contribution in [0.3, 0.4) is 0 Å². The zero-order valence-corrected chi connectivity index (χ0v) is 7.07. The predicted molar refractivity (Wildman–Crippen MR) is 35.3 cm³/mol. The lowest BCUT2D eigenvalue weighted by Gasteiger charge is -2.05. The fraction of sp³-hybridized carbons (Fsp3) is 1.00. The second-order valence-electron chi connectivity index (χ2n) is 1.40. The lowest BCUT2D eigenvalue weighted by molar-refractivity contribution is -0.139. The van der Waals surface area contributed by atoms with Gasteiger partial charge in [-0.15, -0.1) is 0 Å². The van der Waals surface area contributed by atoms with Crippen LogP contribution in [0.2, 0.25) is 0 Å². The zero-order chi connectivity index (χ0) is 8.20. The van der Waals surface area contributed by atoms with Gasteiger partial charge in [-0.2, -0.15) is 13.2 Å². The van der Waals surface area contributed by atoms with E-state index in [1.54, 1.807) is 0 Å². The molecule has 0 aliphatic heterocycles.